The van der Waals surface area contributed by atoms with Gasteiger partial charge in [0, 0.05) is 0 Å². The van der Waals surface area contributed by atoms with Crippen molar-refractivity contribution >= 4 is 0 Å². The van der Waals surface area contributed by atoms with E-state index in [1.165, 1.54) is 103 Å². The van der Waals surface area contributed by atoms with Crippen molar-refractivity contribution in [3.05, 3.63) is 6.92 Å². The van der Waals surface area contributed by atoms with Crippen LogP contribution in [0.4, 0.5) is 0 Å². The van der Waals surface area contributed by atoms with Gasteiger partial charge in [0.05, 0.1) is 0 Å². The fourth-order valence-corrected chi connectivity index (χ4v) is 3.29. The fourth-order valence-electron chi connectivity index (χ4n) is 3.29. The number of hydrogen-bond acceptors (Lipinski definition) is 0. The first-order valence-corrected chi connectivity index (χ1v) is 10.1. The van der Waals surface area contributed by atoms with Crippen LogP contribution >= 0.6 is 0 Å². The molecule has 0 saturated heterocycles. The molecule has 0 aromatic carbocycles. The summed E-state index contributed by atoms with van der Waals surface area (Å²) in [5.74, 6) is 1.02. The van der Waals surface area contributed by atoms with Gasteiger partial charge in [0.2, 0.25) is 0 Å². The Morgan fingerprint density at radius 3 is 1.43 bits per heavy atom. The molecule has 0 N–H and O–H groups in total. The third-order valence-electron chi connectivity index (χ3n) is 4.79. The molecule has 0 fully saturated rings. The molecule has 1 radical (unpaired) electrons. The van der Waals surface area contributed by atoms with E-state index in [0.29, 0.717) is 0 Å². The standard InChI is InChI=1S/C21H43/c1-4-7-10-11-12-13-14-17-20-21(18-15-8-5-2)19-16-9-6-3/h21H,2,4-20H2,1,3H3. The molecule has 0 heteroatoms. The Balaban J connectivity index is 3.54. The first-order valence-electron chi connectivity index (χ1n) is 10.1. The van der Waals surface area contributed by atoms with Crippen LogP contribution < -0.4 is 0 Å². The lowest BCUT2D eigenvalue weighted by Crippen LogP contribution is -2.01. The van der Waals surface area contributed by atoms with Crippen LogP contribution in [0.25, 0.3) is 0 Å². The molecule has 0 aliphatic heterocycles. The largest absolute Gasteiger partial charge is 0.0654 e. The fraction of sp³-hybridized carbons (Fsp3) is 0.952. The third kappa shape index (κ3) is 16.2. The van der Waals surface area contributed by atoms with Gasteiger partial charge in [-0.05, 0) is 5.92 Å². The van der Waals surface area contributed by atoms with Gasteiger partial charge in [-0.3, -0.25) is 0 Å². The molecule has 0 nitrogen and oxygen atoms in total. The summed E-state index contributed by atoms with van der Waals surface area (Å²) in [7, 11) is 0. The van der Waals surface area contributed by atoms with Gasteiger partial charge in [-0.25, -0.2) is 0 Å². The van der Waals surface area contributed by atoms with Crippen molar-refractivity contribution < 1.29 is 0 Å². The van der Waals surface area contributed by atoms with E-state index in [0.717, 1.165) is 12.3 Å². The van der Waals surface area contributed by atoms with E-state index in [1.807, 2.05) is 0 Å². The average Bonchev–Trinajstić information content (AvgIpc) is 2.49. The SMILES string of the molecule is [CH2]CCCCC(CCCCC)CCCCCCCCCC. The summed E-state index contributed by atoms with van der Waals surface area (Å²) in [6, 6.07) is 0. The Morgan fingerprint density at radius 1 is 0.524 bits per heavy atom. The third-order valence-corrected chi connectivity index (χ3v) is 4.79. The van der Waals surface area contributed by atoms with Crippen molar-refractivity contribution in [2.75, 3.05) is 0 Å². The molecule has 21 heavy (non-hydrogen) atoms. The summed E-state index contributed by atoms with van der Waals surface area (Å²) in [4.78, 5) is 0. The van der Waals surface area contributed by atoms with Crippen molar-refractivity contribution in [2.45, 2.75) is 123 Å². The minimum Gasteiger partial charge on any atom is -0.0654 e. The quantitative estimate of drug-likeness (QED) is 0.238. The minimum absolute atomic E-state index is 1.02. The highest BCUT2D eigenvalue weighted by atomic mass is 14.1. The van der Waals surface area contributed by atoms with Gasteiger partial charge in [-0.1, -0.05) is 130 Å². The first-order chi connectivity index (χ1) is 10.3. The summed E-state index contributed by atoms with van der Waals surface area (Å²) in [6.45, 7) is 8.59. The summed E-state index contributed by atoms with van der Waals surface area (Å²) in [5.41, 5.74) is 0. The smallest absolute Gasteiger partial charge is 0.0414 e. The van der Waals surface area contributed by atoms with Gasteiger partial charge in [0.25, 0.3) is 0 Å². The lowest BCUT2D eigenvalue weighted by molar-refractivity contribution is 0.371. The Labute approximate surface area is 136 Å². The summed E-state index contributed by atoms with van der Waals surface area (Å²) in [6.07, 6.45) is 24.2. The maximum absolute atomic E-state index is 3.98. The molecule has 0 bridgehead atoms. The maximum Gasteiger partial charge on any atom is -0.0414 e. The number of hydrogen-bond donors (Lipinski definition) is 0. The number of unbranched alkanes of at least 4 members (excludes halogenated alkanes) is 11. The van der Waals surface area contributed by atoms with Crippen molar-refractivity contribution in [2.24, 2.45) is 5.92 Å². The van der Waals surface area contributed by atoms with Crippen LogP contribution in [0.5, 0.6) is 0 Å². The van der Waals surface area contributed by atoms with Crippen LogP contribution in [0.1, 0.15) is 123 Å². The van der Waals surface area contributed by atoms with Gasteiger partial charge in [0.15, 0.2) is 0 Å². The van der Waals surface area contributed by atoms with E-state index in [9.17, 15) is 0 Å². The van der Waals surface area contributed by atoms with Gasteiger partial charge >= 0.3 is 0 Å². The molecule has 0 rings (SSSR count). The van der Waals surface area contributed by atoms with Gasteiger partial charge in [-0.2, -0.15) is 0 Å². The highest BCUT2D eigenvalue weighted by Crippen LogP contribution is 2.23. The van der Waals surface area contributed by atoms with E-state index in [4.69, 9.17) is 0 Å². The monoisotopic (exact) mass is 295 g/mol. The zero-order chi connectivity index (χ0) is 15.6. The molecule has 0 aromatic rings. The molecule has 0 spiro atoms. The van der Waals surface area contributed by atoms with Gasteiger partial charge in [0.1, 0.15) is 0 Å². The molecule has 127 valence electrons. The van der Waals surface area contributed by atoms with Crippen molar-refractivity contribution in [1.82, 2.24) is 0 Å². The Hall–Kier alpha value is 0. The minimum atomic E-state index is 1.02. The van der Waals surface area contributed by atoms with E-state index in [-0.39, 0.29) is 0 Å². The molecule has 0 heterocycles. The molecule has 0 aliphatic carbocycles. The van der Waals surface area contributed by atoms with E-state index in [1.54, 1.807) is 0 Å². The van der Waals surface area contributed by atoms with E-state index < -0.39 is 0 Å². The molecule has 1 atom stereocenters. The van der Waals surface area contributed by atoms with Crippen molar-refractivity contribution in [3.63, 3.8) is 0 Å². The lowest BCUT2D eigenvalue weighted by atomic mass is 9.90. The Morgan fingerprint density at radius 2 is 0.905 bits per heavy atom. The van der Waals surface area contributed by atoms with Crippen LogP contribution in [-0.4, -0.2) is 0 Å². The second kappa shape index (κ2) is 18.1. The van der Waals surface area contributed by atoms with E-state index >= 15 is 0 Å². The molecule has 0 saturated carbocycles. The zero-order valence-corrected chi connectivity index (χ0v) is 15.3. The maximum atomic E-state index is 3.98. The summed E-state index contributed by atoms with van der Waals surface area (Å²) >= 11 is 0. The molecular formula is C21H43. The van der Waals surface area contributed by atoms with Crippen LogP contribution in [0.3, 0.4) is 0 Å². The average molecular weight is 296 g/mol. The van der Waals surface area contributed by atoms with Crippen LogP contribution in [-0.2, 0) is 0 Å². The second-order valence-electron chi connectivity index (χ2n) is 6.97. The first kappa shape index (κ1) is 21.0. The van der Waals surface area contributed by atoms with E-state index in [2.05, 4.69) is 20.8 Å². The lowest BCUT2D eigenvalue weighted by Gasteiger charge is -2.16. The predicted octanol–water partition coefficient (Wildman–Crippen LogP) is 8.11. The van der Waals surface area contributed by atoms with Crippen molar-refractivity contribution in [3.8, 4) is 0 Å². The second-order valence-corrected chi connectivity index (χ2v) is 6.97. The highest BCUT2D eigenvalue weighted by Gasteiger charge is 2.08. The number of rotatable bonds is 17. The van der Waals surface area contributed by atoms with Crippen LogP contribution in [0.15, 0.2) is 0 Å². The van der Waals surface area contributed by atoms with Gasteiger partial charge in [-0.15, -0.1) is 0 Å². The Bertz CT molecular complexity index is 163. The Kier molecular flexibility index (Phi) is 18.1. The highest BCUT2D eigenvalue weighted by molar-refractivity contribution is 4.61. The topological polar surface area (TPSA) is 0 Å². The molecular weight excluding hydrogens is 252 g/mol. The molecule has 0 amide bonds. The van der Waals surface area contributed by atoms with Crippen molar-refractivity contribution in [1.29, 1.82) is 0 Å². The summed E-state index contributed by atoms with van der Waals surface area (Å²) in [5, 5.41) is 0. The normalized spacial score (nSPS) is 11.4. The predicted molar refractivity (Wildman–Crippen MR) is 98.7 cm³/mol. The zero-order valence-electron chi connectivity index (χ0n) is 15.3. The summed E-state index contributed by atoms with van der Waals surface area (Å²) < 4.78 is 0. The van der Waals surface area contributed by atoms with Crippen LogP contribution in [0, 0.1) is 12.8 Å². The van der Waals surface area contributed by atoms with Crippen LogP contribution in [0.2, 0.25) is 0 Å². The molecule has 0 aromatic heterocycles. The van der Waals surface area contributed by atoms with Gasteiger partial charge < -0.3 is 0 Å². The molecule has 1 unspecified atom stereocenters. The molecule has 0 aliphatic rings.